The molecule has 1 unspecified atom stereocenters. The summed E-state index contributed by atoms with van der Waals surface area (Å²) in [6.45, 7) is 4.66. The van der Waals surface area contributed by atoms with Gasteiger partial charge in [-0.15, -0.1) is 0 Å². The highest BCUT2D eigenvalue weighted by Crippen LogP contribution is 2.14. The molecule has 1 atom stereocenters. The van der Waals surface area contributed by atoms with Crippen molar-refractivity contribution in [2.75, 3.05) is 19.7 Å². The summed E-state index contributed by atoms with van der Waals surface area (Å²) < 4.78 is 18.2. The third kappa shape index (κ3) is 4.87. The van der Waals surface area contributed by atoms with E-state index in [2.05, 4.69) is 0 Å². The van der Waals surface area contributed by atoms with Gasteiger partial charge < -0.3 is 14.7 Å². The van der Waals surface area contributed by atoms with Crippen LogP contribution in [-0.2, 0) is 4.79 Å². The van der Waals surface area contributed by atoms with Crippen LogP contribution in [-0.4, -0.2) is 41.7 Å². The van der Waals surface area contributed by atoms with Crippen molar-refractivity contribution in [3.63, 3.8) is 0 Å². The van der Waals surface area contributed by atoms with Crippen LogP contribution in [0.4, 0.5) is 4.39 Å². The first kappa shape index (κ1) is 15.4. The van der Waals surface area contributed by atoms with Crippen LogP contribution in [0.3, 0.4) is 0 Å². The van der Waals surface area contributed by atoms with E-state index in [1.807, 2.05) is 6.92 Å². The second kappa shape index (κ2) is 7.74. The first-order valence-corrected chi connectivity index (χ1v) is 6.40. The summed E-state index contributed by atoms with van der Waals surface area (Å²) in [4.78, 5) is 13.7. The molecule has 0 aliphatic rings. The van der Waals surface area contributed by atoms with Gasteiger partial charge in [-0.25, -0.2) is 4.39 Å². The molecule has 0 radical (unpaired) electrons. The summed E-state index contributed by atoms with van der Waals surface area (Å²) in [7, 11) is 0. The highest BCUT2D eigenvalue weighted by atomic mass is 19.1. The van der Waals surface area contributed by atoms with Crippen molar-refractivity contribution in [1.82, 2.24) is 4.90 Å². The van der Waals surface area contributed by atoms with Crippen LogP contribution in [0.5, 0.6) is 5.75 Å². The maximum atomic E-state index is 12.8. The number of carbonyl (C=O) groups excluding carboxylic acids is 1. The van der Waals surface area contributed by atoms with E-state index in [1.165, 1.54) is 24.3 Å². The average molecular weight is 269 g/mol. The van der Waals surface area contributed by atoms with Gasteiger partial charge in [0.2, 0.25) is 0 Å². The zero-order chi connectivity index (χ0) is 14.3. The molecule has 0 saturated heterocycles. The van der Waals surface area contributed by atoms with E-state index in [4.69, 9.17) is 9.84 Å². The molecule has 1 amide bonds. The first-order chi connectivity index (χ1) is 9.08. The lowest BCUT2D eigenvalue weighted by atomic mass is 10.3. The fraction of sp³-hybridized carbons (Fsp3) is 0.500. The lowest BCUT2D eigenvalue weighted by Gasteiger charge is -2.24. The van der Waals surface area contributed by atoms with Crippen LogP contribution in [0.1, 0.15) is 20.3 Å². The van der Waals surface area contributed by atoms with Crippen molar-refractivity contribution in [1.29, 1.82) is 0 Å². The minimum atomic E-state index is -0.635. The van der Waals surface area contributed by atoms with E-state index in [0.717, 1.165) is 0 Å². The maximum Gasteiger partial charge on any atom is 0.263 e. The third-order valence-electron chi connectivity index (χ3n) is 2.75. The maximum absolute atomic E-state index is 12.8. The Bertz CT molecular complexity index is 394. The number of aliphatic hydroxyl groups is 1. The van der Waals surface area contributed by atoms with Crippen molar-refractivity contribution in [3.05, 3.63) is 30.1 Å². The molecule has 1 aromatic carbocycles. The van der Waals surface area contributed by atoms with Crippen LogP contribution >= 0.6 is 0 Å². The molecule has 1 rings (SSSR count). The fourth-order valence-electron chi connectivity index (χ4n) is 1.71. The zero-order valence-electron chi connectivity index (χ0n) is 11.3. The van der Waals surface area contributed by atoms with Crippen LogP contribution in [0, 0.1) is 5.82 Å². The smallest absolute Gasteiger partial charge is 0.263 e. The third-order valence-corrected chi connectivity index (χ3v) is 2.75. The van der Waals surface area contributed by atoms with Gasteiger partial charge in [0, 0.05) is 19.7 Å². The number of nitrogens with zero attached hydrogens (tertiary/aromatic N) is 1. The van der Waals surface area contributed by atoms with Crippen molar-refractivity contribution < 1.29 is 19.0 Å². The molecule has 0 aliphatic carbocycles. The Morgan fingerprint density at radius 2 is 2.05 bits per heavy atom. The summed E-state index contributed by atoms with van der Waals surface area (Å²) >= 11 is 0. The topological polar surface area (TPSA) is 49.8 Å². The number of ether oxygens (including phenoxy) is 1. The van der Waals surface area contributed by atoms with Gasteiger partial charge in [0.15, 0.2) is 6.10 Å². The minimum absolute atomic E-state index is 0.0526. The molecule has 0 fully saturated rings. The van der Waals surface area contributed by atoms with E-state index < -0.39 is 6.10 Å². The van der Waals surface area contributed by atoms with Crippen LogP contribution in [0.25, 0.3) is 0 Å². The van der Waals surface area contributed by atoms with Gasteiger partial charge in [-0.1, -0.05) is 0 Å². The summed E-state index contributed by atoms with van der Waals surface area (Å²) in [5.41, 5.74) is 0. The molecular formula is C14H20FNO3. The molecule has 0 aliphatic heterocycles. The Morgan fingerprint density at radius 3 is 2.58 bits per heavy atom. The van der Waals surface area contributed by atoms with E-state index in [1.54, 1.807) is 11.8 Å². The molecule has 1 N–H and O–H groups in total. The standard InChI is InChI=1S/C14H20FNO3/c1-3-16(9-4-10-17)14(18)11(2)19-13-7-5-12(15)6-8-13/h5-8,11,17H,3-4,9-10H2,1-2H3. The van der Waals surface area contributed by atoms with E-state index >= 15 is 0 Å². The predicted molar refractivity (Wildman–Crippen MR) is 70.4 cm³/mol. The quantitative estimate of drug-likeness (QED) is 0.821. The fourth-order valence-corrected chi connectivity index (χ4v) is 1.71. The summed E-state index contributed by atoms with van der Waals surface area (Å²) in [6.07, 6.45) is -0.0906. The predicted octanol–water partition coefficient (Wildman–Crippen LogP) is 1.82. The molecule has 0 bridgehead atoms. The van der Waals surface area contributed by atoms with Crippen LogP contribution < -0.4 is 4.74 Å². The van der Waals surface area contributed by atoms with Gasteiger partial charge in [-0.2, -0.15) is 0 Å². The Labute approximate surface area is 112 Å². The number of benzene rings is 1. The number of carbonyl (C=O) groups is 1. The molecule has 0 spiro atoms. The van der Waals surface area contributed by atoms with Crippen LogP contribution in [0.2, 0.25) is 0 Å². The van der Waals surface area contributed by atoms with Gasteiger partial charge in [0.05, 0.1) is 0 Å². The molecule has 106 valence electrons. The molecule has 0 aromatic heterocycles. The number of likely N-dealkylation sites (N-methyl/N-ethyl adjacent to an activating group) is 1. The van der Waals surface area contributed by atoms with E-state index in [-0.39, 0.29) is 18.3 Å². The molecule has 1 aromatic rings. The van der Waals surface area contributed by atoms with Gasteiger partial charge in [0.1, 0.15) is 11.6 Å². The largest absolute Gasteiger partial charge is 0.481 e. The summed E-state index contributed by atoms with van der Waals surface area (Å²) in [5, 5.41) is 8.79. The number of hydrogen-bond acceptors (Lipinski definition) is 3. The summed E-state index contributed by atoms with van der Waals surface area (Å²) in [5.74, 6) is -0.0230. The van der Waals surface area contributed by atoms with Crippen molar-refractivity contribution in [2.45, 2.75) is 26.4 Å². The monoisotopic (exact) mass is 269 g/mol. The average Bonchev–Trinajstić information content (AvgIpc) is 2.42. The second-order valence-electron chi connectivity index (χ2n) is 4.21. The summed E-state index contributed by atoms with van der Waals surface area (Å²) in [6, 6.07) is 5.55. The van der Waals surface area contributed by atoms with Crippen LogP contribution in [0.15, 0.2) is 24.3 Å². The Kier molecular flexibility index (Phi) is 6.29. The Hall–Kier alpha value is -1.62. The zero-order valence-corrected chi connectivity index (χ0v) is 11.3. The number of aliphatic hydroxyl groups excluding tert-OH is 1. The van der Waals surface area contributed by atoms with E-state index in [0.29, 0.717) is 25.3 Å². The SMILES string of the molecule is CCN(CCCO)C(=O)C(C)Oc1ccc(F)cc1. The van der Waals surface area contributed by atoms with Gasteiger partial charge in [-0.05, 0) is 44.5 Å². The number of hydrogen-bond donors (Lipinski definition) is 1. The van der Waals surface area contributed by atoms with Crippen molar-refractivity contribution >= 4 is 5.91 Å². The highest BCUT2D eigenvalue weighted by molar-refractivity contribution is 5.80. The molecular weight excluding hydrogens is 249 g/mol. The number of halogens is 1. The van der Waals surface area contributed by atoms with Gasteiger partial charge in [0.25, 0.3) is 5.91 Å². The van der Waals surface area contributed by atoms with Crippen molar-refractivity contribution in [3.8, 4) is 5.75 Å². The van der Waals surface area contributed by atoms with Crippen molar-refractivity contribution in [2.24, 2.45) is 0 Å². The Morgan fingerprint density at radius 1 is 1.42 bits per heavy atom. The Balaban J connectivity index is 2.57. The lowest BCUT2D eigenvalue weighted by Crippen LogP contribution is -2.41. The molecule has 5 heteroatoms. The minimum Gasteiger partial charge on any atom is -0.481 e. The number of amides is 1. The molecule has 4 nitrogen and oxygen atoms in total. The lowest BCUT2D eigenvalue weighted by molar-refractivity contribution is -0.137. The highest BCUT2D eigenvalue weighted by Gasteiger charge is 2.20. The molecule has 0 heterocycles. The molecule has 0 saturated carbocycles. The number of rotatable bonds is 7. The molecule has 19 heavy (non-hydrogen) atoms. The normalized spacial score (nSPS) is 12.0. The van der Waals surface area contributed by atoms with Gasteiger partial charge in [-0.3, -0.25) is 4.79 Å². The first-order valence-electron chi connectivity index (χ1n) is 6.40. The second-order valence-corrected chi connectivity index (χ2v) is 4.21. The van der Waals surface area contributed by atoms with E-state index in [9.17, 15) is 9.18 Å². The van der Waals surface area contributed by atoms with Gasteiger partial charge >= 0.3 is 0 Å².